The zero-order valence-electron chi connectivity index (χ0n) is 26.6. The van der Waals surface area contributed by atoms with Crippen LogP contribution in [0.15, 0.2) is 73.1 Å². The van der Waals surface area contributed by atoms with Gasteiger partial charge in [-0.1, -0.05) is 115 Å². The summed E-state index contributed by atoms with van der Waals surface area (Å²) in [6.07, 6.45) is 17.1. The van der Waals surface area contributed by atoms with Gasteiger partial charge < -0.3 is 0 Å². The van der Waals surface area contributed by atoms with E-state index >= 15 is 0 Å². The lowest BCUT2D eigenvalue weighted by Gasteiger charge is -2.31. The molecular weight excluding hydrogens is 508 g/mol. The smallest absolute Gasteiger partial charge is 0.144 e. The third kappa shape index (κ3) is 5.38. The molecule has 2 heteroatoms. The van der Waals surface area contributed by atoms with Crippen LogP contribution in [0.3, 0.4) is 0 Å². The van der Waals surface area contributed by atoms with E-state index in [0.717, 1.165) is 18.7 Å². The summed E-state index contributed by atoms with van der Waals surface area (Å²) >= 11 is 0. The Hall–Kier alpha value is -3.13. The molecule has 1 heterocycles. The number of hydrogen-bond donors (Lipinski definition) is 0. The highest BCUT2D eigenvalue weighted by molar-refractivity contribution is 5.75. The summed E-state index contributed by atoms with van der Waals surface area (Å²) in [7, 11) is 0. The molecule has 220 valence electrons. The van der Waals surface area contributed by atoms with Crippen molar-refractivity contribution < 1.29 is 0 Å². The van der Waals surface area contributed by atoms with Crippen molar-refractivity contribution in [1.29, 1.82) is 0 Å². The molecule has 3 aromatic carbocycles. The second-order valence-corrected chi connectivity index (χ2v) is 13.7. The van der Waals surface area contributed by atoms with Crippen LogP contribution in [0.1, 0.15) is 139 Å². The van der Waals surface area contributed by atoms with Crippen molar-refractivity contribution in [2.75, 3.05) is 0 Å². The maximum absolute atomic E-state index is 5.18. The van der Waals surface area contributed by atoms with Crippen LogP contribution >= 0.6 is 0 Å². The number of para-hydroxylation sites is 1. The number of aromatic nitrogens is 2. The van der Waals surface area contributed by atoms with Gasteiger partial charge in [-0.3, -0.25) is 4.57 Å². The molecule has 0 saturated heterocycles. The minimum absolute atomic E-state index is 0.0870. The van der Waals surface area contributed by atoms with Crippen LogP contribution in [0, 0.1) is 0 Å². The average molecular weight is 559 g/mol. The summed E-state index contributed by atoms with van der Waals surface area (Å²) in [4.78, 5) is 5.18. The van der Waals surface area contributed by atoms with Gasteiger partial charge in [-0.2, -0.15) is 0 Å². The lowest BCUT2D eigenvalue weighted by Crippen LogP contribution is -2.21. The normalized spacial score (nSPS) is 16.6. The van der Waals surface area contributed by atoms with E-state index in [1.165, 1.54) is 84.9 Å². The Labute approximate surface area is 254 Å². The SMILES string of the molecule is CCC(C)(CC)c1ccc(-c2cccc(C(C)C)c2)cc1-c1nccn1-c1c(C2CCCC2)cccc1C1CCCC1. The fraction of sp³-hybridized carbons (Fsp3) is 0.475. The minimum Gasteiger partial charge on any atom is -0.299 e. The van der Waals surface area contributed by atoms with Gasteiger partial charge >= 0.3 is 0 Å². The molecule has 2 aliphatic carbocycles. The van der Waals surface area contributed by atoms with Crippen LogP contribution in [0.25, 0.3) is 28.2 Å². The number of imidazole rings is 1. The van der Waals surface area contributed by atoms with E-state index in [-0.39, 0.29) is 5.41 Å². The fourth-order valence-corrected chi connectivity index (χ4v) is 7.82. The molecule has 42 heavy (non-hydrogen) atoms. The van der Waals surface area contributed by atoms with Crippen LogP contribution in [0.2, 0.25) is 0 Å². The highest BCUT2D eigenvalue weighted by Gasteiger charge is 2.31. The molecule has 2 nitrogen and oxygen atoms in total. The predicted molar refractivity (Wildman–Crippen MR) is 179 cm³/mol. The highest BCUT2D eigenvalue weighted by atomic mass is 15.1. The summed E-state index contributed by atoms with van der Waals surface area (Å²) in [6.45, 7) is 11.7. The maximum Gasteiger partial charge on any atom is 0.144 e. The first-order valence-corrected chi connectivity index (χ1v) is 16.8. The molecule has 0 bridgehead atoms. The molecule has 0 radical (unpaired) electrons. The van der Waals surface area contributed by atoms with Gasteiger partial charge in [0.2, 0.25) is 0 Å². The maximum atomic E-state index is 5.18. The van der Waals surface area contributed by atoms with Crippen LogP contribution in [-0.4, -0.2) is 9.55 Å². The average Bonchev–Trinajstić information content (AvgIpc) is 3.83. The van der Waals surface area contributed by atoms with Crippen molar-refractivity contribution in [3.8, 4) is 28.2 Å². The molecule has 0 atom stereocenters. The Morgan fingerprint density at radius 1 is 0.786 bits per heavy atom. The van der Waals surface area contributed by atoms with E-state index in [1.54, 1.807) is 11.1 Å². The van der Waals surface area contributed by atoms with Crippen molar-refractivity contribution in [3.05, 3.63) is 95.3 Å². The zero-order valence-corrected chi connectivity index (χ0v) is 26.6. The fourth-order valence-electron chi connectivity index (χ4n) is 7.82. The van der Waals surface area contributed by atoms with Crippen molar-refractivity contribution >= 4 is 0 Å². The summed E-state index contributed by atoms with van der Waals surface area (Å²) in [6, 6.07) is 23.6. The quantitative estimate of drug-likeness (QED) is 0.200. The number of hydrogen-bond acceptors (Lipinski definition) is 1. The summed E-state index contributed by atoms with van der Waals surface area (Å²) in [5.41, 5.74) is 11.3. The first-order valence-electron chi connectivity index (χ1n) is 16.8. The van der Waals surface area contributed by atoms with E-state index in [0.29, 0.717) is 17.8 Å². The van der Waals surface area contributed by atoms with Gasteiger partial charge in [0.1, 0.15) is 5.82 Å². The largest absolute Gasteiger partial charge is 0.299 e. The zero-order chi connectivity index (χ0) is 29.3. The third-order valence-corrected chi connectivity index (χ3v) is 10.9. The van der Waals surface area contributed by atoms with E-state index in [9.17, 15) is 0 Å². The third-order valence-electron chi connectivity index (χ3n) is 10.9. The van der Waals surface area contributed by atoms with Gasteiger partial charge in [0.15, 0.2) is 0 Å². The van der Waals surface area contributed by atoms with Gasteiger partial charge in [-0.25, -0.2) is 4.98 Å². The lowest BCUT2D eigenvalue weighted by molar-refractivity contribution is 0.440. The van der Waals surface area contributed by atoms with Crippen LogP contribution in [-0.2, 0) is 5.41 Å². The molecule has 0 spiro atoms. The standard InChI is InChI=1S/C40H50N2/c1-6-40(5,7-2)37-23-22-33(32-19-12-18-31(26-32)28(3)4)27-36(37)39-41-24-25-42(39)38-34(29-14-8-9-15-29)20-13-21-35(38)30-16-10-11-17-30/h12-13,18-30H,6-11,14-17H2,1-5H3. The van der Waals surface area contributed by atoms with Gasteiger partial charge in [-0.15, -0.1) is 0 Å². The monoisotopic (exact) mass is 558 g/mol. The van der Waals surface area contributed by atoms with Crippen LogP contribution in [0.5, 0.6) is 0 Å². The first kappa shape index (κ1) is 29.0. The van der Waals surface area contributed by atoms with Crippen molar-refractivity contribution in [3.63, 3.8) is 0 Å². The molecular formula is C40H50N2. The molecule has 0 N–H and O–H groups in total. The summed E-state index contributed by atoms with van der Waals surface area (Å²) in [5, 5.41) is 0. The Balaban J connectivity index is 1.57. The van der Waals surface area contributed by atoms with Crippen molar-refractivity contribution in [2.24, 2.45) is 0 Å². The van der Waals surface area contributed by atoms with Gasteiger partial charge in [0.25, 0.3) is 0 Å². The topological polar surface area (TPSA) is 17.8 Å². The second-order valence-electron chi connectivity index (χ2n) is 13.7. The molecule has 1 aromatic heterocycles. The van der Waals surface area contributed by atoms with E-state index in [2.05, 4.69) is 106 Å². The minimum atomic E-state index is 0.0870. The predicted octanol–water partition coefficient (Wildman–Crippen LogP) is 11.7. The Bertz CT molecular complexity index is 1470. The van der Waals surface area contributed by atoms with E-state index in [4.69, 9.17) is 4.98 Å². The molecule has 0 aliphatic heterocycles. The Kier molecular flexibility index (Phi) is 8.44. The number of nitrogens with zero attached hydrogens (tertiary/aromatic N) is 2. The van der Waals surface area contributed by atoms with Crippen molar-refractivity contribution in [2.45, 2.75) is 122 Å². The molecule has 6 rings (SSSR count). The first-order chi connectivity index (χ1) is 20.4. The molecule has 2 saturated carbocycles. The van der Waals surface area contributed by atoms with Gasteiger partial charge in [0, 0.05) is 18.0 Å². The molecule has 0 amide bonds. The van der Waals surface area contributed by atoms with Crippen LogP contribution < -0.4 is 0 Å². The second kappa shape index (κ2) is 12.2. The van der Waals surface area contributed by atoms with Gasteiger partial charge in [-0.05, 0) is 101 Å². The molecule has 0 unspecified atom stereocenters. The highest BCUT2D eigenvalue weighted by Crippen LogP contribution is 2.46. The molecule has 4 aromatic rings. The van der Waals surface area contributed by atoms with Crippen molar-refractivity contribution in [1.82, 2.24) is 9.55 Å². The summed E-state index contributed by atoms with van der Waals surface area (Å²) in [5.74, 6) is 2.91. The van der Waals surface area contributed by atoms with Crippen LogP contribution in [0.4, 0.5) is 0 Å². The van der Waals surface area contributed by atoms with E-state index < -0.39 is 0 Å². The lowest BCUT2D eigenvalue weighted by atomic mass is 9.75. The number of benzene rings is 3. The number of rotatable bonds is 9. The molecule has 2 fully saturated rings. The Morgan fingerprint density at radius 3 is 1.98 bits per heavy atom. The Morgan fingerprint density at radius 2 is 1.38 bits per heavy atom. The summed E-state index contributed by atoms with van der Waals surface area (Å²) < 4.78 is 2.50. The molecule has 2 aliphatic rings. The van der Waals surface area contributed by atoms with E-state index in [1.807, 2.05) is 6.20 Å². The van der Waals surface area contributed by atoms with Gasteiger partial charge in [0.05, 0.1) is 5.69 Å².